The zero-order chi connectivity index (χ0) is 26.6. The van der Waals surface area contributed by atoms with Crippen molar-refractivity contribution in [2.75, 3.05) is 0 Å². The summed E-state index contributed by atoms with van der Waals surface area (Å²) in [5.41, 5.74) is 0.199. The molecule has 4 aromatic rings. The summed E-state index contributed by atoms with van der Waals surface area (Å²) in [6.45, 7) is 7.79. The largest absolute Gasteiger partial charge is 0.512 e. The van der Waals surface area contributed by atoms with Crippen LogP contribution in [0, 0.1) is 10.8 Å². The third-order valence-corrected chi connectivity index (χ3v) is 7.84. The highest BCUT2D eigenvalue weighted by atomic mass is 16.6. The zero-order valence-corrected chi connectivity index (χ0v) is 21.9. The first-order valence-electron chi connectivity index (χ1n) is 12.5. The van der Waals surface area contributed by atoms with Crippen LogP contribution in [0.15, 0.2) is 84.9 Å². The maximum absolute atomic E-state index is 13.6. The molecule has 0 spiro atoms. The van der Waals surface area contributed by atoms with Crippen molar-refractivity contribution in [3.05, 3.63) is 96.1 Å². The molecule has 0 saturated carbocycles. The van der Waals surface area contributed by atoms with Crippen LogP contribution in [0.25, 0.3) is 21.5 Å². The highest BCUT2D eigenvalue weighted by Gasteiger charge is 2.47. The second-order valence-corrected chi connectivity index (χ2v) is 10.6. The van der Waals surface area contributed by atoms with Gasteiger partial charge in [-0.05, 0) is 58.9 Å². The Labute approximate surface area is 218 Å². The first-order chi connectivity index (χ1) is 17.7. The molecule has 6 heteroatoms. The quantitative estimate of drug-likeness (QED) is 0.173. The Bertz CT molecular complexity index is 1360. The molecule has 0 fully saturated rings. The van der Waals surface area contributed by atoms with Gasteiger partial charge in [0.2, 0.25) is 0 Å². The lowest BCUT2D eigenvalue weighted by molar-refractivity contribution is -0.163. The lowest BCUT2D eigenvalue weighted by atomic mass is 9.63. The molecule has 0 heterocycles. The van der Waals surface area contributed by atoms with Crippen LogP contribution in [0.4, 0.5) is 0 Å². The topological polar surface area (TPSA) is 72.8 Å². The minimum Gasteiger partial charge on any atom is -0.512 e. The highest BCUT2D eigenvalue weighted by molar-refractivity contribution is 6.20. The van der Waals surface area contributed by atoms with Crippen LogP contribution < -0.4 is 0 Å². The number of rotatable bonds is 9. The molecule has 0 saturated heterocycles. The van der Waals surface area contributed by atoms with Gasteiger partial charge in [0.05, 0.1) is 11.3 Å². The number of carbonyl (C=O) groups is 2. The van der Waals surface area contributed by atoms with E-state index in [0.29, 0.717) is 6.42 Å². The summed E-state index contributed by atoms with van der Waals surface area (Å²) in [5, 5.41) is 13.5. The Hall–Kier alpha value is -3.64. The number of ether oxygens (including phenoxy) is 1. The van der Waals surface area contributed by atoms with Crippen molar-refractivity contribution in [2.24, 2.45) is 10.8 Å². The van der Waals surface area contributed by atoms with E-state index in [1.165, 1.54) is 0 Å². The molecule has 4 aromatic carbocycles. The van der Waals surface area contributed by atoms with Gasteiger partial charge < -0.3 is 14.4 Å². The Kier molecular flexibility index (Phi) is 7.69. The molecular formula is C31H33BO5. The van der Waals surface area contributed by atoms with Crippen molar-refractivity contribution < 1.29 is 24.0 Å². The van der Waals surface area contributed by atoms with Gasteiger partial charge in [-0.3, -0.25) is 9.59 Å². The second kappa shape index (κ2) is 10.8. The third-order valence-electron chi connectivity index (χ3n) is 7.84. The normalized spacial score (nSPS) is 12.8. The van der Waals surface area contributed by atoms with Gasteiger partial charge in [-0.15, -0.1) is 0 Å². The molecular weight excluding hydrogens is 463 g/mol. The lowest BCUT2D eigenvalue weighted by Gasteiger charge is -2.41. The fourth-order valence-electron chi connectivity index (χ4n) is 4.81. The fraction of sp³-hybridized carbons (Fsp3) is 0.290. The molecule has 5 nitrogen and oxygen atoms in total. The van der Waals surface area contributed by atoms with E-state index in [-0.39, 0.29) is 12.6 Å². The molecule has 1 unspecified atom stereocenters. The number of carbonyl (C=O) groups excluding carboxylic acids is 2. The summed E-state index contributed by atoms with van der Waals surface area (Å²) in [6.07, 6.45) is 0.342. The fourth-order valence-corrected chi connectivity index (χ4v) is 4.81. The summed E-state index contributed by atoms with van der Waals surface area (Å²) in [5.74, 6) is -1.48. The zero-order valence-electron chi connectivity index (χ0n) is 21.9. The summed E-state index contributed by atoms with van der Waals surface area (Å²) in [7, 11) is -0.687. The summed E-state index contributed by atoms with van der Waals surface area (Å²) in [4.78, 5) is 26.4. The number of fused-ring (bicyclic) bond motifs is 2. The minimum absolute atomic E-state index is 0.148. The van der Waals surface area contributed by atoms with Crippen LogP contribution in [-0.2, 0) is 25.6 Å². The van der Waals surface area contributed by atoms with Crippen molar-refractivity contribution in [3.8, 4) is 0 Å². The molecule has 0 bridgehead atoms. The van der Waals surface area contributed by atoms with Gasteiger partial charge in [-0.2, -0.15) is 0 Å². The Morgan fingerprint density at radius 2 is 1.38 bits per heavy atom. The van der Waals surface area contributed by atoms with E-state index in [1.807, 2.05) is 82.3 Å². The second-order valence-electron chi connectivity index (χ2n) is 10.6. The molecule has 190 valence electrons. The molecule has 0 radical (unpaired) electrons. The Balaban J connectivity index is 1.59. The van der Waals surface area contributed by atoms with E-state index in [9.17, 15) is 14.6 Å². The minimum atomic E-state index is -0.917. The average molecular weight is 496 g/mol. The Morgan fingerprint density at radius 1 is 0.838 bits per heavy atom. The SMILES string of the molecule is CC(C)(CC(C(=O)OBO)c1ccccc1)C(C)(C)C(=O)OCc1c2ccccc2cc2ccccc12. The van der Waals surface area contributed by atoms with E-state index in [1.54, 1.807) is 0 Å². The maximum atomic E-state index is 13.6. The van der Waals surface area contributed by atoms with Crippen molar-refractivity contribution >= 4 is 41.2 Å². The van der Waals surface area contributed by atoms with Gasteiger partial charge in [0.25, 0.3) is 5.97 Å². The number of esters is 1. The predicted octanol–water partition coefficient (Wildman–Crippen LogP) is 6.06. The van der Waals surface area contributed by atoms with Gasteiger partial charge in [0.15, 0.2) is 0 Å². The summed E-state index contributed by atoms with van der Waals surface area (Å²) in [6, 6.07) is 27.7. The van der Waals surface area contributed by atoms with Gasteiger partial charge in [0, 0.05) is 5.56 Å². The van der Waals surface area contributed by atoms with Crippen LogP contribution >= 0.6 is 0 Å². The summed E-state index contributed by atoms with van der Waals surface area (Å²) >= 11 is 0. The van der Waals surface area contributed by atoms with E-state index in [2.05, 4.69) is 30.3 Å². The molecule has 1 atom stereocenters. The average Bonchev–Trinajstić information content (AvgIpc) is 2.90. The Morgan fingerprint density at radius 3 is 1.95 bits per heavy atom. The standard InChI is InChI=1S/C31H33BO5/c1-30(2,19-26(28(33)37-32-35)21-12-6-5-7-13-21)31(3,4)29(34)36-20-27-24-16-10-8-14-22(24)18-23-15-9-11-17-25(23)27/h5-18,26,32,35H,19-20H2,1-4H3. The van der Waals surface area contributed by atoms with Gasteiger partial charge in [-0.1, -0.05) is 92.7 Å². The number of benzene rings is 4. The molecule has 37 heavy (non-hydrogen) atoms. The molecule has 4 rings (SSSR count). The monoisotopic (exact) mass is 496 g/mol. The molecule has 0 aliphatic rings. The smallest absolute Gasteiger partial charge is 0.506 e. The van der Waals surface area contributed by atoms with E-state index in [4.69, 9.17) is 9.39 Å². The van der Waals surface area contributed by atoms with E-state index in [0.717, 1.165) is 32.7 Å². The van der Waals surface area contributed by atoms with Crippen molar-refractivity contribution in [3.63, 3.8) is 0 Å². The van der Waals surface area contributed by atoms with Crippen LogP contribution in [0.3, 0.4) is 0 Å². The molecule has 0 amide bonds. The first kappa shape index (κ1) is 26.4. The lowest BCUT2D eigenvalue weighted by Crippen LogP contribution is -2.42. The van der Waals surface area contributed by atoms with Crippen LogP contribution in [0.1, 0.15) is 51.2 Å². The van der Waals surface area contributed by atoms with Gasteiger partial charge in [-0.25, -0.2) is 0 Å². The maximum Gasteiger partial charge on any atom is 0.506 e. The van der Waals surface area contributed by atoms with Crippen LogP contribution in [0.2, 0.25) is 0 Å². The predicted molar refractivity (Wildman–Crippen MR) is 148 cm³/mol. The van der Waals surface area contributed by atoms with Crippen LogP contribution in [-0.4, -0.2) is 24.6 Å². The summed E-state index contributed by atoms with van der Waals surface area (Å²) < 4.78 is 11.0. The van der Waals surface area contributed by atoms with Crippen molar-refractivity contribution in [1.82, 2.24) is 0 Å². The molecule has 1 N–H and O–H groups in total. The van der Waals surface area contributed by atoms with E-state index >= 15 is 0 Å². The molecule has 0 aliphatic heterocycles. The van der Waals surface area contributed by atoms with Gasteiger partial charge >= 0.3 is 13.7 Å². The van der Waals surface area contributed by atoms with Gasteiger partial charge in [0.1, 0.15) is 6.61 Å². The van der Waals surface area contributed by atoms with Crippen molar-refractivity contribution in [1.29, 1.82) is 0 Å². The first-order valence-corrected chi connectivity index (χ1v) is 12.5. The molecule has 0 aliphatic carbocycles. The van der Waals surface area contributed by atoms with E-state index < -0.39 is 30.4 Å². The number of hydrogen-bond donors (Lipinski definition) is 1. The highest BCUT2D eigenvalue weighted by Crippen LogP contribution is 2.46. The van der Waals surface area contributed by atoms with Crippen molar-refractivity contribution in [2.45, 2.75) is 46.6 Å². The van der Waals surface area contributed by atoms with Crippen LogP contribution in [0.5, 0.6) is 0 Å². The molecule has 0 aromatic heterocycles. The third kappa shape index (κ3) is 5.40. The number of hydrogen-bond acceptors (Lipinski definition) is 5.